The van der Waals surface area contributed by atoms with Crippen LogP contribution in [0, 0.1) is 0 Å². The van der Waals surface area contributed by atoms with E-state index >= 15 is 0 Å². The second-order valence-corrected chi connectivity index (χ2v) is 5.11. The summed E-state index contributed by atoms with van der Waals surface area (Å²) in [6.45, 7) is 0. The van der Waals surface area contributed by atoms with E-state index in [0.29, 0.717) is 12.0 Å². The minimum Gasteiger partial charge on any atom is -0.465 e. The van der Waals surface area contributed by atoms with Crippen molar-refractivity contribution < 1.29 is 9.53 Å². The minimum atomic E-state index is -0.333. The second kappa shape index (κ2) is 6.83. The molecule has 0 bridgehead atoms. The Morgan fingerprint density at radius 3 is 2.74 bits per heavy atom. The fraction of sp³-hybridized carbons (Fsp3) is 0.105. The highest BCUT2D eigenvalue weighted by atomic mass is 16.5. The fourth-order valence-electron chi connectivity index (χ4n) is 2.50. The lowest BCUT2D eigenvalue weighted by Gasteiger charge is -2.09. The number of carbonyl (C=O) groups is 1. The van der Waals surface area contributed by atoms with Gasteiger partial charge in [0.25, 0.3) is 0 Å². The number of methoxy groups -OCH3 is 1. The van der Waals surface area contributed by atoms with E-state index in [2.05, 4.69) is 16.0 Å². The molecule has 4 heteroatoms. The minimum absolute atomic E-state index is 0.333. The summed E-state index contributed by atoms with van der Waals surface area (Å²) in [5.41, 5.74) is 4.42. The first-order valence-electron chi connectivity index (χ1n) is 7.29. The van der Waals surface area contributed by atoms with Crippen LogP contribution in [-0.2, 0) is 11.2 Å². The predicted octanol–water partition coefficient (Wildman–Crippen LogP) is 3.52. The smallest absolute Gasteiger partial charge is 0.338 e. The molecule has 0 aliphatic rings. The molecule has 0 N–H and O–H groups in total. The number of nitrogens with zero attached hydrogens (tertiary/aromatic N) is 2. The van der Waals surface area contributed by atoms with Crippen molar-refractivity contribution in [3.63, 3.8) is 0 Å². The number of aromatic nitrogens is 2. The van der Waals surface area contributed by atoms with Gasteiger partial charge in [0.05, 0.1) is 18.4 Å². The van der Waals surface area contributed by atoms with Gasteiger partial charge < -0.3 is 4.74 Å². The summed E-state index contributed by atoms with van der Waals surface area (Å²) >= 11 is 0. The van der Waals surface area contributed by atoms with Gasteiger partial charge in [-0.15, -0.1) is 0 Å². The largest absolute Gasteiger partial charge is 0.465 e. The quantitative estimate of drug-likeness (QED) is 0.692. The Hall–Kier alpha value is -3.01. The summed E-state index contributed by atoms with van der Waals surface area (Å²) in [5.74, 6) is -0.333. The van der Waals surface area contributed by atoms with E-state index in [1.165, 1.54) is 7.11 Å². The Labute approximate surface area is 134 Å². The lowest BCUT2D eigenvalue weighted by atomic mass is 9.97. The second-order valence-electron chi connectivity index (χ2n) is 5.11. The third-order valence-corrected chi connectivity index (χ3v) is 3.57. The maximum absolute atomic E-state index is 11.9. The van der Waals surface area contributed by atoms with Gasteiger partial charge in [-0.3, -0.25) is 9.97 Å². The number of hydrogen-bond acceptors (Lipinski definition) is 4. The third kappa shape index (κ3) is 3.43. The van der Waals surface area contributed by atoms with Crippen molar-refractivity contribution in [2.24, 2.45) is 0 Å². The molecule has 0 aliphatic carbocycles. The van der Waals surface area contributed by atoms with Crippen molar-refractivity contribution >= 4 is 5.97 Å². The molecule has 0 aliphatic heterocycles. The van der Waals surface area contributed by atoms with Gasteiger partial charge in [0.2, 0.25) is 0 Å². The summed E-state index contributed by atoms with van der Waals surface area (Å²) in [7, 11) is 1.39. The number of carbonyl (C=O) groups excluding carboxylic acids is 1. The maximum Gasteiger partial charge on any atom is 0.338 e. The molecular weight excluding hydrogens is 288 g/mol. The van der Waals surface area contributed by atoms with Crippen LogP contribution in [0.3, 0.4) is 0 Å². The monoisotopic (exact) mass is 304 g/mol. The van der Waals surface area contributed by atoms with Crippen molar-refractivity contribution in [2.75, 3.05) is 7.11 Å². The Morgan fingerprint density at radius 2 is 1.96 bits per heavy atom. The SMILES string of the molecule is COC(=O)c1ccccc1-c1cccc(Cc2cnccn2)c1. The molecule has 0 saturated heterocycles. The molecule has 4 nitrogen and oxygen atoms in total. The average molecular weight is 304 g/mol. The summed E-state index contributed by atoms with van der Waals surface area (Å²) in [6.07, 6.45) is 5.80. The van der Waals surface area contributed by atoms with Crippen molar-refractivity contribution in [1.82, 2.24) is 9.97 Å². The molecule has 0 unspecified atom stereocenters. The Morgan fingerprint density at radius 1 is 1.09 bits per heavy atom. The van der Waals surface area contributed by atoms with Gasteiger partial charge in [0, 0.05) is 25.0 Å². The highest BCUT2D eigenvalue weighted by Crippen LogP contribution is 2.25. The Bertz CT molecular complexity index is 816. The van der Waals surface area contributed by atoms with Crippen molar-refractivity contribution in [3.05, 3.63) is 83.9 Å². The van der Waals surface area contributed by atoms with E-state index in [-0.39, 0.29) is 5.97 Å². The molecule has 0 amide bonds. The zero-order valence-corrected chi connectivity index (χ0v) is 12.8. The molecule has 0 radical (unpaired) electrons. The lowest BCUT2D eigenvalue weighted by molar-refractivity contribution is 0.0601. The zero-order valence-electron chi connectivity index (χ0n) is 12.8. The van der Waals surface area contributed by atoms with E-state index in [9.17, 15) is 4.79 Å². The first-order valence-corrected chi connectivity index (χ1v) is 7.29. The van der Waals surface area contributed by atoms with Crippen LogP contribution in [0.15, 0.2) is 67.1 Å². The number of rotatable bonds is 4. The molecule has 0 fully saturated rings. The lowest BCUT2D eigenvalue weighted by Crippen LogP contribution is -2.03. The van der Waals surface area contributed by atoms with Crippen LogP contribution in [0.1, 0.15) is 21.6 Å². The average Bonchev–Trinajstić information content (AvgIpc) is 2.62. The molecule has 23 heavy (non-hydrogen) atoms. The zero-order chi connectivity index (χ0) is 16.1. The van der Waals surface area contributed by atoms with Crippen LogP contribution in [0.4, 0.5) is 0 Å². The van der Waals surface area contributed by atoms with Gasteiger partial charge in [-0.05, 0) is 22.8 Å². The molecule has 3 rings (SSSR count). The van der Waals surface area contributed by atoms with Crippen molar-refractivity contribution in [3.8, 4) is 11.1 Å². The molecule has 0 spiro atoms. The highest BCUT2D eigenvalue weighted by Gasteiger charge is 2.12. The molecule has 2 aromatic carbocycles. The first kappa shape index (κ1) is 14.9. The van der Waals surface area contributed by atoms with E-state index < -0.39 is 0 Å². The van der Waals surface area contributed by atoms with Gasteiger partial charge >= 0.3 is 5.97 Å². The molecule has 114 valence electrons. The molecule has 3 aromatic rings. The van der Waals surface area contributed by atoms with Gasteiger partial charge in [0.1, 0.15) is 0 Å². The van der Waals surface area contributed by atoms with Gasteiger partial charge in [-0.1, -0.05) is 42.5 Å². The molecule has 0 atom stereocenters. The van der Waals surface area contributed by atoms with Crippen molar-refractivity contribution in [2.45, 2.75) is 6.42 Å². The van der Waals surface area contributed by atoms with Crippen LogP contribution in [-0.4, -0.2) is 23.0 Å². The van der Waals surface area contributed by atoms with E-state index in [0.717, 1.165) is 22.4 Å². The van der Waals surface area contributed by atoms with Crippen LogP contribution >= 0.6 is 0 Å². The van der Waals surface area contributed by atoms with Crippen LogP contribution in [0.2, 0.25) is 0 Å². The first-order chi connectivity index (χ1) is 11.3. The predicted molar refractivity (Wildman–Crippen MR) is 88.1 cm³/mol. The van der Waals surface area contributed by atoms with E-state index in [1.807, 2.05) is 36.4 Å². The topological polar surface area (TPSA) is 52.1 Å². The van der Waals surface area contributed by atoms with Gasteiger partial charge in [0.15, 0.2) is 0 Å². The van der Waals surface area contributed by atoms with E-state index in [4.69, 9.17) is 4.74 Å². The normalized spacial score (nSPS) is 10.3. The summed E-state index contributed by atoms with van der Waals surface area (Å²) in [6, 6.07) is 15.5. The number of esters is 1. The fourth-order valence-corrected chi connectivity index (χ4v) is 2.50. The van der Waals surface area contributed by atoms with Crippen LogP contribution in [0.5, 0.6) is 0 Å². The summed E-state index contributed by atoms with van der Waals surface area (Å²) < 4.78 is 4.87. The standard InChI is InChI=1S/C19H16N2O2/c1-23-19(22)18-8-3-2-7-17(18)15-6-4-5-14(11-15)12-16-13-20-9-10-21-16/h2-11,13H,12H2,1H3. The van der Waals surface area contributed by atoms with Crippen LogP contribution < -0.4 is 0 Å². The molecule has 1 heterocycles. The van der Waals surface area contributed by atoms with E-state index in [1.54, 1.807) is 24.7 Å². The number of ether oxygens (including phenoxy) is 1. The number of hydrogen-bond donors (Lipinski definition) is 0. The third-order valence-electron chi connectivity index (χ3n) is 3.57. The Kier molecular flexibility index (Phi) is 4.43. The summed E-state index contributed by atoms with van der Waals surface area (Å²) in [4.78, 5) is 20.3. The van der Waals surface area contributed by atoms with Crippen molar-refractivity contribution in [1.29, 1.82) is 0 Å². The summed E-state index contributed by atoms with van der Waals surface area (Å²) in [5, 5.41) is 0. The van der Waals surface area contributed by atoms with Gasteiger partial charge in [-0.2, -0.15) is 0 Å². The highest BCUT2D eigenvalue weighted by molar-refractivity contribution is 5.97. The Balaban J connectivity index is 1.96. The molecular formula is C19H16N2O2. The van der Waals surface area contributed by atoms with Gasteiger partial charge in [-0.25, -0.2) is 4.79 Å². The molecule has 0 saturated carbocycles. The van der Waals surface area contributed by atoms with Crippen LogP contribution in [0.25, 0.3) is 11.1 Å². The maximum atomic E-state index is 11.9. The number of benzene rings is 2. The molecule has 1 aromatic heterocycles.